The van der Waals surface area contributed by atoms with E-state index in [-0.39, 0.29) is 0 Å². The van der Waals surface area contributed by atoms with E-state index in [9.17, 15) is 0 Å². The molecule has 0 bridgehead atoms. The second-order valence-electron chi connectivity index (χ2n) is 2.51. The van der Waals surface area contributed by atoms with Crippen LogP contribution in [-0.4, -0.2) is 38.5 Å². The van der Waals surface area contributed by atoms with Gasteiger partial charge in [-0.3, -0.25) is 0 Å². The zero-order chi connectivity index (χ0) is 6.10. The highest BCUT2D eigenvalue weighted by atomic mass is 16.5. The molecule has 9 heavy (non-hydrogen) atoms. The minimum Gasteiger partial charge on any atom is -0.377 e. The molecule has 0 aliphatic carbocycles. The van der Waals surface area contributed by atoms with Gasteiger partial charge in [0, 0.05) is 6.54 Å². The van der Waals surface area contributed by atoms with E-state index in [1.54, 1.807) is 0 Å². The van der Waals surface area contributed by atoms with E-state index in [1.165, 1.54) is 0 Å². The van der Waals surface area contributed by atoms with Crippen LogP contribution < -0.4 is 5.32 Å². The molecule has 52 valence electrons. The summed E-state index contributed by atoms with van der Waals surface area (Å²) in [6.45, 7) is 3.41. The molecule has 0 aromatic carbocycles. The highest BCUT2D eigenvalue weighted by Crippen LogP contribution is 2.11. The largest absolute Gasteiger partial charge is 0.377 e. The van der Waals surface area contributed by atoms with Crippen LogP contribution in [0.4, 0.5) is 0 Å². The number of rotatable bonds is 0. The van der Waals surface area contributed by atoms with Crippen LogP contribution in [0.5, 0.6) is 0 Å². The molecule has 3 heteroatoms. The molecule has 2 atom stereocenters. The second-order valence-corrected chi connectivity index (χ2v) is 2.51. The minimum atomic E-state index is 0.332. The zero-order valence-electron chi connectivity index (χ0n) is 5.30. The van der Waals surface area contributed by atoms with Crippen LogP contribution in [0.25, 0.3) is 0 Å². The van der Waals surface area contributed by atoms with Crippen molar-refractivity contribution in [3.05, 3.63) is 0 Å². The normalized spacial score (nSPS) is 42.7. The summed E-state index contributed by atoms with van der Waals surface area (Å²) < 4.78 is 10.6. The highest BCUT2D eigenvalue weighted by molar-refractivity contribution is 4.84. The van der Waals surface area contributed by atoms with Gasteiger partial charge in [-0.1, -0.05) is 0 Å². The van der Waals surface area contributed by atoms with E-state index in [1.807, 2.05) is 0 Å². The Balaban J connectivity index is 1.97. The van der Waals surface area contributed by atoms with Crippen molar-refractivity contribution >= 4 is 0 Å². The zero-order valence-corrected chi connectivity index (χ0v) is 5.30. The van der Waals surface area contributed by atoms with Crippen molar-refractivity contribution in [2.45, 2.75) is 12.1 Å². The van der Waals surface area contributed by atoms with Gasteiger partial charge in [0.05, 0.1) is 32.0 Å². The molecular weight excluding hydrogens is 118 g/mol. The van der Waals surface area contributed by atoms with Crippen LogP contribution in [-0.2, 0) is 9.47 Å². The summed E-state index contributed by atoms with van der Waals surface area (Å²) in [5.41, 5.74) is 0. The Hall–Kier alpha value is -0.120. The first-order valence-corrected chi connectivity index (χ1v) is 3.39. The van der Waals surface area contributed by atoms with Crippen molar-refractivity contribution in [1.82, 2.24) is 5.32 Å². The molecule has 0 spiro atoms. The van der Waals surface area contributed by atoms with Gasteiger partial charge in [-0.2, -0.15) is 0 Å². The molecule has 2 aliphatic heterocycles. The average Bonchev–Trinajstić information content (AvgIpc) is 2.33. The maximum atomic E-state index is 5.41. The van der Waals surface area contributed by atoms with Gasteiger partial charge in [0.15, 0.2) is 0 Å². The van der Waals surface area contributed by atoms with Gasteiger partial charge < -0.3 is 14.8 Å². The number of nitrogens with one attached hydrogen (secondary N) is 1. The number of fused-ring (bicyclic) bond motifs is 1. The summed E-state index contributed by atoms with van der Waals surface area (Å²) in [7, 11) is 0. The first-order chi connectivity index (χ1) is 4.47. The van der Waals surface area contributed by atoms with E-state index in [0.29, 0.717) is 12.1 Å². The number of hydrogen-bond acceptors (Lipinski definition) is 3. The fourth-order valence-corrected chi connectivity index (χ4v) is 1.34. The summed E-state index contributed by atoms with van der Waals surface area (Å²) in [6, 6.07) is 0.471. The quantitative estimate of drug-likeness (QED) is 0.472. The third-order valence-corrected chi connectivity index (χ3v) is 1.87. The standard InChI is InChI=1S/C6H11NO2/c1-2-9-6-4-8-3-5(6)7-1/h5-7H,1-4H2/t5-,6-/m1/s1. The van der Waals surface area contributed by atoms with Crippen molar-refractivity contribution in [3.8, 4) is 0 Å². The lowest BCUT2D eigenvalue weighted by Crippen LogP contribution is -2.47. The van der Waals surface area contributed by atoms with E-state index in [2.05, 4.69) is 5.32 Å². The monoisotopic (exact) mass is 129 g/mol. The number of hydrogen-bond donors (Lipinski definition) is 1. The number of morpholine rings is 1. The molecule has 2 fully saturated rings. The van der Waals surface area contributed by atoms with E-state index >= 15 is 0 Å². The topological polar surface area (TPSA) is 30.5 Å². The van der Waals surface area contributed by atoms with Gasteiger partial charge in [-0.25, -0.2) is 0 Å². The maximum Gasteiger partial charge on any atom is 0.0984 e. The van der Waals surface area contributed by atoms with Crippen LogP contribution in [0.2, 0.25) is 0 Å². The molecule has 1 N–H and O–H groups in total. The first-order valence-electron chi connectivity index (χ1n) is 3.39. The predicted molar refractivity (Wildman–Crippen MR) is 32.3 cm³/mol. The minimum absolute atomic E-state index is 0.332. The molecule has 2 heterocycles. The first kappa shape index (κ1) is 5.65. The Morgan fingerprint density at radius 3 is 3.22 bits per heavy atom. The third-order valence-electron chi connectivity index (χ3n) is 1.87. The van der Waals surface area contributed by atoms with Crippen LogP contribution in [0.3, 0.4) is 0 Å². The second kappa shape index (κ2) is 2.25. The van der Waals surface area contributed by atoms with Crippen LogP contribution in [0, 0.1) is 0 Å². The molecule has 3 nitrogen and oxygen atoms in total. The number of ether oxygens (including phenoxy) is 2. The molecule has 2 aliphatic rings. The van der Waals surface area contributed by atoms with Gasteiger partial charge in [0.1, 0.15) is 0 Å². The summed E-state index contributed by atoms with van der Waals surface area (Å²) >= 11 is 0. The molecule has 2 rings (SSSR count). The van der Waals surface area contributed by atoms with Gasteiger partial charge in [-0.05, 0) is 0 Å². The fraction of sp³-hybridized carbons (Fsp3) is 1.00. The molecule has 2 saturated heterocycles. The Kier molecular flexibility index (Phi) is 1.41. The SMILES string of the molecule is C1CO[C@@H]2COC[C@H]2N1. The summed E-state index contributed by atoms with van der Waals surface area (Å²) in [5, 5.41) is 3.33. The van der Waals surface area contributed by atoms with Gasteiger partial charge in [-0.15, -0.1) is 0 Å². The Bertz CT molecular complexity index is 95.2. The van der Waals surface area contributed by atoms with Gasteiger partial charge in [0.25, 0.3) is 0 Å². The lowest BCUT2D eigenvalue weighted by Gasteiger charge is -2.24. The predicted octanol–water partition coefficient (Wildman–Crippen LogP) is -0.626. The Morgan fingerprint density at radius 1 is 1.33 bits per heavy atom. The summed E-state index contributed by atoms with van der Waals surface area (Å²) in [4.78, 5) is 0. The van der Waals surface area contributed by atoms with E-state index in [0.717, 1.165) is 26.4 Å². The maximum absolute atomic E-state index is 5.41. The summed E-state index contributed by atoms with van der Waals surface area (Å²) in [6.07, 6.45) is 0.332. The smallest absolute Gasteiger partial charge is 0.0984 e. The van der Waals surface area contributed by atoms with Crippen molar-refractivity contribution in [1.29, 1.82) is 0 Å². The average molecular weight is 129 g/mol. The van der Waals surface area contributed by atoms with Gasteiger partial charge >= 0.3 is 0 Å². The van der Waals surface area contributed by atoms with Crippen LogP contribution in [0.15, 0.2) is 0 Å². The van der Waals surface area contributed by atoms with E-state index in [4.69, 9.17) is 9.47 Å². The highest BCUT2D eigenvalue weighted by Gasteiger charge is 2.30. The molecule has 0 radical (unpaired) electrons. The molecule has 0 saturated carbocycles. The van der Waals surface area contributed by atoms with Crippen LogP contribution in [0.1, 0.15) is 0 Å². The van der Waals surface area contributed by atoms with Crippen molar-refractivity contribution in [2.24, 2.45) is 0 Å². The van der Waals surface area contributed by atoms with Crippen molar-refractivity contribution in [3.63, 3.8) is 0 Å². The molecule has 0 aromatic rings. The molecule has 0 unspecified atom stereocenters. The lowest BCUT2D eigenvalue weighted by molar-refractivity contribution is 0.0115. The van der Waals surface area contributed by atoms with E-state index < -0.39 is 0 Å². The Labute approximate surface area is 54.3 Å². The van der Waals surface area contributed by atoms with Crippen molar-refractivity contribution < 1.29 is 9.47 Å². The fourth-order valence-electron chi connectivity index (χ4n) is 1.34. The van der Waals surface area contributed by atoms with Crippen LogP contribution >= 0.6 is 0 Å². The summed E-state index contributed by atoms with van der Waals surface area (Å²) in [5.74, 6) is 0. The molecule has 0 amide bonds. The Morgan fingerprint density at radius 2 is 2.33 bits per heavy atom. The lowest BCUT2D eigenvalue weighted by atomic mass is 10.2. The third kappa shape index (κ3) is 0.956. The van der Waals surface area contributed by atoms with Gasteiger partial charge in [0.2, 0.25) is 0 Å². The molecular formula is C6H11NO2. The molecule has 0 aromatic heterocycles. The van der Waals surface area contributed by atoms with Crippen molar-refractivity contribution in [2.75, 3.05) is 26.4 Å².